The predicted molar refractivity (Wildman–Crippen MR) is 149 cm³/mol. The summed E-state index contributed by atoms with van der Waals surface area (Å²) in [5, 5.41) is 0. The Balaban J connectivity index is 2.90. The minimum atomic E-state index is -3.44. The number of nitrogens with zero attached hydrogens (tertiary/aromatic N) is 1. The van der Waals surface area contributed by atoms with Crippen molar-refractivity contribution in [2.75, 3.05) is 50.5 Å². The highest BCUT2D eigenvalue weighted by Crippen LogP contribution is 2.68. The molecule has 1 atom stereocenters. The molecule has 0 aromatic heterocycles. The SMILES string of the molecule is CC(C)(CSP(=O)(OC(C)(C)C)OC(C)(C)C)CP(=O)(OC(C)(C)C)SCCN1CCOCC1. The summed E-state index contributed by atoms with van der Waals surface area (Å²) in [4.78, 5) is 2.34. The first kappa shape index (κ1) is 33.0. The van der Waals surface area contributed by atoms with E-state index in [4.69, 9.17) is 18.3 Å². The van der Waals surface area contributed by atoms with Gasteiger partial charge in [-0.15, -0.1) is 0 Å². The average molecular weight is 562 g/mol. The molecule has 0 aromatic rings. The molecule has 0 aromatic carbocycles. The lowest BCUT2D eigenvalue weighted by atomic mass is 10.0. The Morgan fingerprint density at radius 2 is 1.24 bits per heavy atom. The zero-order valence-corrected chi connectivity index (χ0v) is 26.7. The molecule has 0 amide bonds. The van der Waals surface area contributed by atoms with Gasteiger partial charge in [0.15, 0.2) is 0 Å². The standard InChI is InChI=1S/C23H49NO6P2S2/c1-20(2,3)28-31(25,33-17-14-24-12-15-27-16-13-24)18-23(10,11)19-34-32(26,29-21(4,5)6)30-22(7,8)9/h12-19H2,1-11H3. The largest absolute Gasteiger partial charge is 0.390 e. The van der Waals surface area contributed by atoms with Crippen LogP contribution in [0, 0.1) is 5.41 Å². The second kappa shape index (κ2) is 12.7. The lowest BCUT2D eigenvalue weighted by Crippen LogP contribution is -2.37. The van der Waals surface area contributed by atoms with Crippen molar-refractivity contribution in [3.8, 4) is 0 Å². The van der Waals surface area contributed by atoms with Gasteiger partial charge in [0.05, 0.1) is 30.0 Å². The second-order valence-electron chi connectivity index (χ2n) is 12.6. The number of hydrogen-bond donors (Lipinski definition) is 0. The van der Waals surface area contributed by atoms with E-state index >= 15 is 0 Å². The van der Waals surface area contributed by atoms with Crippen molar-refractivity contribution < 1.29 is 27.4 Å². The maximum atomic E-state index is 14.0. The van der Waals surface area contributed by atoms with Gasteiger partial charge < -0.3 is 9.26 Å². The Morgan fingerprint density at radius 3 is 1.68 bits per heavy atom. The lowest BCUT2D eigenvalue weighted by Gasteiger charge is -2.35. The van der Waals surface area contributed by atoms with Gasteiger partial charge in [-0.3, -0.25) is 18.5 Å². The first-order chi connectivity index (χ1) is 15.1. The monoisotopic (exact) mass is 561 g/mol. The molecule has 1 unspecified atom stereocenters. The summed E-state index contributed by atoms with van der Waals surface area (Å²) in [5.41, 5.74) is -2.16. The van der Waals surface area contributed by atoms with Gasteiger partial charge in [-0.2, -0.15) is 0 Å². The number of ether oxygens (including phenoxy) is 1. The quantitative estimate of drug-likeness (QED) is 0.224. The number of morpholine rings is 1. The van der Waals surface area contributed by atoms with E-state index in [0.717, 1.165) is 38.6 Å². The van der Waals surface area contributed by atoms with Crippen LogP contribution >= 0.6 is 36.1 Å². The van der Waals surface area contributed by atoms with Crippen molar-refractivity contribution in [3.63, 3.8) is 0 Å². The molecule has 204 valence electrons. The van der Waals surface area contributed by atoms with Crippen molar-refractivity contribution in [1.82, 2.24) is 4.90 Å². The molecule has 1 aliphatic heterocycles. The Hall–Kier alpha value is 0.960. The summed E-state index contributed by atoms with van der Waals surface area (Å²) in [6, 6.07) is 0. The van der Waals surface area contributed by atoms with E-state index in [9.17, 15) is 9.13 Å². The molecule has 1 heterocycles. The van der Waals surface area contributed by atoms with E-state index in [1.807, 2.05) is 76.2 Å². The normalized spacial score (nSPS) is 19.3. The molecule has 0 radical (unpaired) electrons. The maximum Gasteiger partial charge on any atom is 0.390 e. The Morgan fingerprint density at radius 1 is 0.765 bits per heavy atom. The van der Waals surface area contributed by atoms with Crippen LogP contribution in [0.1, 0.15) is 76.2 Å². The predicted octanol–water partition coefficient (Wildman–Crippen LogP) is 7.56. The van der Waals surface area contributed by atoms with Gasteiger partial charge in [-0.1, -0.05) is 25.2 Å². The average Bonchev–Trinajstić information content (AvgIpc) is 2.55. The van der Waals surface area contributed by atoms with Crippen LogP contribution in [0.25, 0.3) is 0 Å². The minimum Gasteiger partial charge on any atom is -0.379 e. The smallest absolute Gasteiger partial charge is 0.379 e. The topological polar surface area (TPSA) is 74.3 Å². The third-order valence-electron chi connectivity index (χ3n) is 4.22. The van der Waals surface area contributed by atoms with Crippen LogP contribution in [0.4, 0.5) is 0 Å². The summed E-state index contributed by atoms with van der Waals surface area (Å²) in [7, 11) is 0. The first-order valence-electron chi connectivity index (χ1n) is 12.0. The molecule has 34 heavy (non-hydrogen) atoms. The zero-order valence-electron chi connectivity index (χ0n) is 23.3. The van der Waals surface area contributed by atoms with Gasteiger partial charge in [-0.25, -0.2) is 4.57 Å². The Bertz CT molecular complexity index is 702. The molecule has 0 spiro atoms. The fraction of sp³-hybridized carbons (Fsp3) is 1.00. The van der Waals surface area contributed by atoms with Crippen molar-refractivity contribution in [2.24, 2.45) is 5.41 Å². The van der Waals surface area contributed by atoms with Crippen LogP contribution in [0.5, 0.6) is 0 Å². The highest BCUT2D eigenvalue weighted by atomic mass is 32.7. The fourth-order valence-corrected chi connectivity index (χ4v) is 14.7. The molecule has 1 saturated heterocycles. The van der Waals surface area contributed by atoms with E-state index in [2.05, 4.69) is 4.90 Å². The van der Waals surface area contributed by atoms with Crippen LogP contribution in [-0.2, 0) is 27.4 Å². The highest BCUT2D eigenvalue weighted by molar-refractivity contribution is 8.56. The summed E-state index contributed by atoms with van der Waals surface area (Å²) < 4.78 is 51.1. The molecule has 0 bridgehead atoms. The molecule has 1 rings (SSSR count). The highest BCUT2D eigenvalue weighted by Gasteiger charge is 2.41. The summed E-state index contributed by atoms with van der Waals surface area (Å²) >= 11 is 2.63. The van der Waals surface area contributed by atoms with Crippen LogP contribution in [-0.4, -0.2) is 72.2 Å². The van der Waals surface area contributed by atoms with E-state index in [1.165, 1.54) is 22.8 Å². The molecular weight excluding hydrogens is 512 g/mol. The van der Waals surface area contributed by atoms with E-state index in [-0.39, 0.29) is 0 Å². The van der Waals surface area contributed by atoms with Gasteiger partial charge >= 0.3 is 6.80 Å². The lowest BCUT2D eigenvalue weighted by molar-refractivity contribution is 0.0410. The van der Waals surface area contributed by atoms with Gasteiger partial charge in [0.1, 0.15) is 0 Å². The van der Waals surface area contributed by atoms with Crippen LogP contribution in [0.2, 0.25) is 0 Å². The van der Waals surface area contributed by atoms with Gasteiger partial charge in [0.2, 0.25) is 0 Å². The number of rotatable bonds is 12. The van der Waals surface area contributed by atoms with Crippen molar-refractivity contribution in [2.45, 2.75) is 93.0 Å². The summed E-state index contributed by atoms with van der Waals surface area (Å²) in [6.45, 7) is 18.8. The molecule has 7 nitrogen and oxygen atoms in total. The van der Waals surface area contributed by atoms with Gasteiger partial charge in [-0.05, 0) is 79.1 Å². The van der Waals surface area contributed by atoms with Gasteiger partial charge in [0.25, 0.3) is 6.57 Å². The van der Waals surface area contributed by atoms with E-state index in [1.54, 1.807) is 0 Å². The van der Waals surface area contributed by atoms with Gasteiger partial charge in [0, 0.05) is 37.3 Å². The van der Waals surface area contributed by atoms with Crippen LogP contribution < -0.4 is 0 Å². The molecule has 1 fully saturated rings. The zero-order chi connectivity index (χ0) is 26.5. The van der Waals surface area contributed by atoms with Crippen molar-refractivity contribution in [3.05, 3.63) is 0 Å². The fourth-order valence-electron chi connectivity index (χ4n) is 3.22. The summed E-state index contributed by atoms with van der Waals surface area (Å²) in [6.07, 6.45) is 0.378. The first-order valence-corrected chi connectivity index (χ1v) is 18.6. The van der Waals surface area contributed by atoms with Crippen LogP contribution in [0.3, 0.4) is 0 Å². The van der Waals surface area contributed by atoms with Crippen molar-refractivity contribution >= 4 is 36.1 Å². The Kier molecular flexibility index (Phi) is 12.3. The molecule has 0 saturated carbocycles. The minimum absolute atomic E-state index is 0.378. The van der Waals surface area contributed by atoms with E-state index < -0.39 is 35.6 Å². The maximum absolute atomic E-state index is 14.0. The third-order valence-corrected chi connectivity index (χ3v) is 13.9. The van der Waals surface area contributed by atoms with Crippen molar-refractivity contribution in [1.29, 1.82) is 0 Å². The Labute approximate surface area is 217 Å². The molecule has 11 heteroatoms. The van der Waals surface area contributed by atoms with Crippen LogP contribution in [0.15, 0.2) is 0 Å². The molecule has 0 N–H and O–H groups in total. The molecular formula is C23H49NO6P2S2. The van der Waals surface area contributed by atoms with E-state index in [0.29, 0.717) is 11.9 Å². The summed E-state index contributed by atoms with van der Waals surface area (Å²) in [5.74, 6) is 1.20. The number of hydrogen-bond acceptors (Lipinski definition) is 9. The third kappa shape index (κ3) is 15.3. The molecule has 0 aliphatic carbocycles. The molecule has 1 aliphatic rings. The second-order valence-corrected chi connectivity index (χ2v) is 21.3.